The van der Waals surface area contributed by atoms with E-state index in [1.54, 1.807) is 11.3 Å². The number of fused-ring (bicyclic) bond motifs is 1. The predicted octanol–water partition coefficient (Wildman–Crippen LogP) is 2.33. The van der Waals surface area contributed by atoms with Crippen LogP contribution >= 0.6 is 11.3 Å². The maximum atomic E-state index is 11.3. The molecule has 130 valence electrons. The Morgan fingerprint density at radius 2 is 2.32 bits per heavy atom. The number of rotatable bonds is 4. The van der Waals surface area contributed by atoms with Crippen LogP contribution in [0.4, 0.5) is 0 Å². The number of aromatic nitrogens is 4. The van der Waals surface area contributed by atoms with Crippen molar-refractivity contribution in [3.05, 3.63) is 34.9 Å². The maximum Gasteiger partial charge on any atom is 0.217 e. The summed E-state index contributed by atoms with van der Waals surface area (Å²) < 4.78 is 8.39. The van der Waals surface area contributed by atoms with E-state index in [1.807, 2.05) is 23.7 Å². The zero-order chi connectivity index (χ0) is 17.4. The average Bonchev–Trinajstić information content (AvgIpc) is 3.30. The van der Waals surface area contributed by atoms with Gasteiger partial charge in [-0.3, -0.25) is 4.79 Å². The van der Waals surface area contributed by atoms with Gasteiger partial charge in [-0.1, -0.05) is 0 Å². The van der Waals surface area contributed by atoms with Gasteiger partial charge >= 0.3 is 0 Å². The van der Waals surface area contributed by atoms with Crippen LogP contribution in [0.15, 0.2) is 18.2 Å². The highest BCUT2D eigenvalue weighted by molar-refractivity contribution is 7.18. The molecule has 3 heterocycles. The highest BCUT2D eigenvalue weighted by Gasteiger charge is 2.24. The van der Waals surface area contributed by atoms with Crippen LogP contribution in [0, 0.1) is 6.92 Å². The molecule has 0 bridgehead atoms. The number of thiazole rings is 1. The molecule has 4 rings (SSSR count). The Bertz CT molecular complexity index is 926. The summed E-state index contributed by atoms with van der Waals surface area (Å²) >= 11 is 1.65. The molecule has 3 aromatic rings. The van der Waals surface area contributed by atoms with Crippen molar-refractivity contribution in [2.75, 3.05) is 13.2 Å². The number of ether oxygens (including phenoxy) is 1. The van der Waals surface area contributed by atoms with Crippen molar-refractivity contribution in [3.8, 4) is 5.69 Å². The van der Waals surface area contributed by atoms with Gasteiger partial charge in [-0.05, 0) is 31.5 Å². The molecule has 0 aliphatic carbocycles. The predicted molar refractivity (Wildman–Crippen MR) is 95.0 cm³/mol. The fraction of sp³-hybridized carbons (Fsp3) is 0.412. The number of carbonyl (C=O) groups excluding carboxylic acids is 1. The molecule has 1 aliphatic heterocycles. The Morgan fingerprint density at radius 3 is 3.08 bits per heavy atom. The highest BCUT2D eigenvalue weighted by atomic mass is 32.1. The van der Waals surface area contributed by atoms with E-state index in [9.17, 15) is 4.79 Å². The van der Waals surface area contributed by atoms with Crippen molar-refractivity contribution in [1.29, 1.82) is 0 Å². The monoisotopic (exact) mass is 357 g/mol. The van der Waals surface area contributed by atoms with Crippen LogP contribution in [0.3, 0.4) is 0 Å². The Balaban J connectivity index is 1.74. The maximum absolute atomic E-state index is 11.3. The molecule has 2 aromatic heterocycles. The zero-order valence-electron chi connectivity index (χ0n) is 14.2. The number of carbonyl (C=O) groups is 1. The van der Waals surface area contributed by atoms with Gasteiger partial charge in [0.15, 0.2) is 11.6 Å². The summed E-state index contributed by atoms with van der Waals surface area (Å²) in [6.07, 6.45) is 0.927. The van der Waals surface area contributed by atoms with E-state index in [0.29, 0.717) is 13.2 Å². The minimum Gasteiger partial charge on any atom is -0.381 e. The Morgan fingerprint density at radius 1 is 1.44 bits per heavy atom. The summed E-state index contributed by atoms with van der Waals surface area (Å²) in [5.41, 5.74) is 1.91. The van der Waals surface area contributed by atoms with Crippen LogP contribution in [0.25, 0.3) is 15.9 Å². The lowest BCUT2D eigenvalue weighted by Crippen LogP contribution is -2.21. The third-order valence-corrected chi connectivity index (χ3v) is 5.14. The van der Waals surface area contributed by atoms with Crippen molar-refractivity contribution < 1.29 is 9.53 Å². The summed E-state index contributed by atoms with van der Waals surface area (Å²) in [7, 11) is 0. The van der Waals surface area contributed by atoms with E-state index in [4.69, 9.17) is 9.84 Å². The second-order valence-corrected chi connectivity index (χ2v) is 7.39. The molecular formula is C17H19N5O2S. The number of nitrogens with zero attached hydrogens (tertiary/aromatic N) is 4. The normalized spacial score (nSPS) is 17.3. The van der Waals surface area contributed by atoms with E-state index in [2.05, 4.69) is 21.4 Å². The standard InChI is InChI=1S/C17H19N5O2S/c1-10(23)18-8-16-20-17(12-5-6-24-9-12)21-22(16)13-3-4-14-15(7-13)25-11(2)19-14/h3-4,7,12H,5-6,8-9H2,1-2H3,(H,18,23). The van der Waals surface area contributed by atoms with E-state index in [0.717, 1.165) is 45.6 Å². The van der Waals surface area contributed by atoms with Crippen LogP contribution in [0.1, 0.15) is 35.9 Å². The van der Waals surface area contributed by atoms with Gasteiger partial charge < -0.3 is 10.1 Å². The van der Waals surface area contributed by atoms with E-state index < -0.39 is 0 Å². The van der Waals surface area contributed by atoms with Crippen molar-refractivity contribution in [3.63, 3.8) is 0 Å². The first-order valence-electron chi connectivity index (χ1n) is 8.26. The third kappa shape index (κ3) is 3.27. The molecule has 8 heteroatoms. The van der Waals surface area contributed by atoms with Gasteiger partial charge in [0.25, 0.3) is 0 Å². The molecule has 1 aromatic carbocycles. The summed E-state index contributed by atoms with van der Waals surface area (Å²) in [6.45, 7) is 5.23. The SMILES string of the molecule is CC(=O)NCc1nc(C2CCOC2)nn1-c1ccc2nc(C)sc2c1. The van der Waals surface area contributed by atoms with E-state index in [-0.39, 0.29) is 11.8 Å². The van der Waals surface area contributed by atoms with Gasteiger partial charge in [-0.15, -0.1) is 11.3 Å². The lowest BCUT2D eigenvalue weighted by molar-refractivity contribution is -0.119. The molecule has 0 saturated carbocycles. The first-order valence-corrected chi connectivity index (χ1v) is 9.07. The summed E-state index contributed by atoms with van der Waals surface area (Å²) in [5.74, 6) is 1.62. The Labute approximate surface area is 149 Å². The third-order valence-electron chi connectivity index (χ3n) is 4.20. The van der Waals surface area contributed by atoms with Gasteiger partial charge in [-0.25, -0.2) is 14.6 Å². The second kappa shape index (κ2) is 6.53. The largest absolute Gasteiger partial charge is 0.381 e. The molecule has 1 fully saturated rings. The zero-order valence-corrected chi connectivity index (χ0v) is 15.0. The van der Waals surface area contributed by atoms with Gasteiger partial charge in [0, 0.05) is 19.4 Å². The van der Waals surface area contributed by atoms with E-state index >= 15 is 0 Å². The topological polar surface area (TPSA) is 81.9 Å². The quantitative estimate of drug-likeness (QED) is 0.775. The van der Waals surface area contributed by atoms with Crippen LogP contribution in [0.5, 0.6) is 0 Å². The van der Waals surface area contributed by atoms with E-state index in [1.165, 1.54) is 6.92 Å². The summed E-state index contributed by atoms with van der Waals surface area (Å²) in [4.78, 5) is 20.5. The fourth-order valence-electron chi connectivity index (χ4n) is 2.96. The first kappa shape index (κ1) is 16.2. The molecule has 25 heavy (non-hydrogen) atoms. The minimum absolute atomic E-state index is 0.0890. The molecule has 7 nitrogen and oxygen atoms in total. The second-order valence-electron chi connectivity index (χ2n) is 6.15. The number of benzene rings is 1. The fourth-order valence-corrected chi connectivity index (χ4v) is 3.82. The molecule has 1 saturated heterocycles. The van der Waals surface area contributed by atoms with Crippen molar-refractivity contribution in [1.82, 2.24) is 25.1 Å². The van der Waals surface area contributed by atoms with Gasteiger partial charge in [-0.2, -0.15) is 5.10 Å². The van der Waals surface area contributed by atoms with Crippen molar-refractivity contribution >= 4 is 27.5 Å². The van der Waals surface area contributed by atoms with Gasteiger partial charge in [0.1, 0.15) is 0 Å². The average molecular weight is 357 g/mol. The van der Waals surface area contributed by atoms with Crippen molar-refractivity contribution in [2.45, 2.75) is 32.7 Å². The highest BCUT2D eigenvalue weighted by Crippen LogP contribution is 2.27. The number of hydrogen-bond acceptors (Lipinski definition) is 6. The lowest BCUT2D eigenvalue weighted by Gasteiger charge is -2.06. The molecule has 1 atom stereocenters. The number of nitrogens with one attached hydrogen (secondary N) is 1. The molecule has 0 radical (unpaired) electrons. The van der Waals surface area contributed by atoms with Crippen LogP contribution in [-0.2, 0) is 16.1 Å². The molecule has 1 amide bonds. The molecule has 1 unspecified atom stereocenters. The Kier molecular flexibility index (Phi) is 4.22. The molecule has 1 N–H and O–H groups in total. The van der Waals surface area contributed by atoms with Crippen LogP contribution in [0.2, 0.25) is 0 Å². The van der Waals surface area contributed by atoms with Crippen LogP contribution in [-0.4, -0.2) is 38.9 Å². The number of hydrogen-bond donors (Lipinski definition) is 1. The number of aryl methyl sites for hydroxylation is 1. The molecular weight excluding hydrogens is 338 g/mol. The molecule has 1 aliphatic rings. The molecule has 0 spiro atoms. The number of amides is 1. The summed E-state index contributed by atoms with van der Waals surface area (Å²) in [6, 6.07) is 6.06. The lowest BCUT2D eigenvalue weighted by atomic mass is 10.1. The first-order chi connectivity index (χ1) is 12.1. The van der Waals surface area contributed by atoms with Gasteiger partial charge in [0.2, 0.25) is 5.91 Å². The Hall–Kier alpha value is -2.32. The summed E-state index contributed by atoms with van der Waals surface area (Å²) in [5, 5.41) is 8.56. The smallest absolute Gasteiger partial charge is 0.217 e. The van der Waals surface area contributed by atoms with Crippen LogP contribution < -0.4 is 5.32 Å². The van der Waals surface area contributed by atoms with Gasteiger partial charge in [0.05, 0.1) is 34.1 Å². The minimum atomic E-state index is -0.0890. The van der Waals surface area contributed by atoms with Crippen molar-refractivity contribution in [2.24, 2.45) is 0 Å².